The molecule has 8 heteroatoms. The van der Waals surface area contributed by atoms with E-state index in [1.165, 1.54) is 13.4 Å². The van der Waals surface area contributed by atoms with Crippen molar-refractivity contribution in [3.8, 4) is 23.1 Å². The van der Waals surface area contributed by atoms with Crippen molar-refractivity contribution in [1.29, 1.82) is 0 Å². The molecular formula is C17H17N3O5. The van der Waals surface area contributed by atoms with E-state index in [9.17, 15) is 4.79 Å². The minimum atomic E-state index is -0.193. The van der Waals surface area contributed by atoms with E-state index in [-0.39, 0.29) is 12.3 Å². The molecule has 0 saturated heterocycles. The van der Waals surface area contributed by atoms with Gasteiger partial charge in [-0.15, -0.1) is 0 Å². The first-order valence-corrected chi connectivity index (χ1v) is 7.58. The maximum absolute atomic E-state index is 12.1. The lowest BCUT2D eigenvalue weighted by molar-refractivity contribution is -0.116. The number of nitrogens with one attached hydrogen (secondary N) is 1. The number of anilines is 1. The van der Waals surface area contributed by atoms with Crippen LogP contribution in [0.5, 0.6) is 11.5 Å². The van der Waals surface area contributed by atoms with Gasteiger partial charge in [0.25, 0.3) is 0 Å². The predicted octanol–water partition coefficient (Wildman–Crippen LogP) is 2.92. The summed E-state index contributed by atoms with van der Waals surface area (Å²) in [7, 11) is 3.09. The number of methoxy groups -OCH3 is 2. The first-order valence-electron chi connectivity index (χ1n) is 7.58. The van der Waals surface area contributed by atoms with E-state index in [1.54, 1.807) is 37.4 Å². The highest BCUT2D eigenvalue weighted by Crippen LogP contribution is 2.29. The van der Waals surface area contributed by atoms with Crippen LogP contribution in [0.25, 0.3) is 11.6 Å². The molecule has 0 aliphatic carbocycles. The second-order valence-corrected chi connectivity index (χ2v) is 5.10. The topological polar surface area (TPSA) is 99.6 Å². The lowest BCUT2D eigenvalue weighted by Crippen LogP contribution is -2.13. The molecule has 0 radical (unpaired) electrons. The Morgan fingerprint density at radius 3 is 2.84 bits per heavy atom. The van der Waals surface area contributed by atoms with Crippen LogP contribution >= 0.6 is 0 Å². The number of hydrogen-bond acceptors (Lipinski definition) is 7. The number of rotatable bonds is 7. The molecule has 1 N–H and O–H groups in total. The first-order chi connectivity index (χ1) is 12.2. The minimum absolute atomic E-state index is 0.189. The summed E-state index contributed by atoms with van der Waals surface area (Å²) in [5.41, 5.74) is 0.565. The molecule has 0 spiro atoms. The summed E-state index contributed by atoms with van der Waals surface area (Å²) >= 11 is 0. The van der Waals surface area contributed by atoms with Gasteiger partial charge in [0.2, 0.25) is 17.6 Å². The molecule has 0 fully saturated rings. The molecule has 0 bridgehead atoms. The minimum Gasteiger partial charge on any atom is -0.497 e. The van der Waals surface area contributed by atoms with Gasteiger partial charge in [-0.05, 0) is 24.3 Å². The molecule has 8 nitrogen and oxygen atoms in total. The molecule has 0 unspecified atom stereocenters. The van der Waals surface area contributed by atoms with Crippen LogP contribution in [0.2, 0.25) is 0 Å². The molecule has 1 aromatic carbocycles. The lowest BCUT2D eigenvalue weighted by atomic mass is 10.2. The van der Waals surface area contributed by atoms with Crippen molar-refractivity contribution < 1.29 is 23.2 Å². The van der Waals surface area contributed by atoms with Crippen molar-refractivity contribution in [3.05, 3.63) is 42.5 Å². The molecule has 0 aliphatic rings. The molecule has 130 valence electrons. The quantitative estimate of drug-likeness (QED) is 0.704. The van der Waals surface area contributed by atoms with E-state index in [2.05, 4.69) is 15.5 Å². The Morgan fingerprint density at radius 2 is 2.12 bits per heavy atom. The van der Waals surface area contributed by atoms with E-state index >= 15 is 0 Å². The number of ether oxygens (including phenoxy) is 2. The Kier molecular flexibility index (Phi) is 4.98. The lowest BCUT2D eigenvalue weighted by Gasteiger charge is -2.11. The molecule has 0 saturated carbocycles. The maximum atomic E-state index is 12.1. The van der Waals surface area contributed by atoms with Crippen LogP contribution in [0.4, 0.5) is 5.69 Å². The Morgan fingerprint density at radius 1 is 1.24 bits per heavy atom. The zero-order valence-corrected chi connectivity index (χ0v) is 13.8. The van der Waals surface area contributed by atoms with E-state index < -0.39 is 0 Å². The maximum Gasteiger partial charge on any atom is 0.238 e. The van der Waals surface area contributed by atoms with Crippen molar-refractivity contribution in [1.82, 2.24) is 10.1 Å². The highest BCUT2D eigenvalue weighted by Gasteiger charge is 2.13. The zero-order chi connectivity index (χ0) is 17.6. The molecule has 3 aromatic rings. The van der Waals surface area contributed by atoms with Gasteiger partial charge in [-0.3, -0.25) is 4.79 Å². The fraction of sp³-hybridized carbons (Fsp3) is 0.235. The number of amides is 1. The highest BCUT2D eigenvalue weighted by molar-refractivity contribution is 5.92. The molecule has 2 heterocycles. The zero-order valence-electron chi connectivity index (χ0n) is 13.8. The number of benzene rings is 1. The van der Waals surface area contributed by atoms with Crippen molar-refractivity contribution in [2.45, 2.75) is 12.8 Å². The smallest absolute Gasteiger partial charge is 0.238 e. The predicted molar refractivity (Wildman–Crippen MR) is 88.5 cm³/mol. The standard InChI is InChI=1S/C17H17N3O5/c1-22-11-5-6-12(14(10-11)23-2)18-15(21)7-8-16-19-17(20-25-16)13-4-3-9-24-13/h3-6,9-10H,7-8H2,1-2H3,(H,18,21). The van der Waals surface area contributed by atoms with Gasteiger partial charge in [0.05, 0.1) is 26.2 Å². The molecule has 0 aliphatic heterocycles. The Bertz CT molecular complexity index is 842. The van der Waals surface area contributed by atoms with Crippen LogP contribution in [-0.2, 0) is 11.2 Å². The van der Waals surface area contributed by atoms with Gasteiger partial charge in [0.1, 0.15) is 11.5 Å². The van der Waals surface area contributed by atoms with Gasteiger partial charge in [0.15, 0.2) is 5.76 Å². The summed E-state index contributed by atoms with van der Waals surface area (Å²) in [6.07, 6.45) is 2.04. The number of hydrogen-bond donors (Lipinski definition) is 1. The fourth-order valence-corrected chi connectivity index (χ4v) is 2.20. The van der Waals surface area contributed by atoms with Gasteiger partial charge >= 0.3 is 0 Å². The van der Waals surface area contributed by atoms with Crippen molar-refractivity contribution in [3.63, 3.8) is 0 Å². The highest BCUT2D eigenvalue weighted by atomic mass is 16.5. The first kappa shape index (κ1) is 16.6. The second kappa shape index (κ2) is 7.52. The number of carbonyl (C=O) groups excluding carboxylic acids is 1. The van der Waals surface area contributed by atoms with Crippen LogP contribution in [0.1, 0.15) is 12.3 Å². The van der Waals surface area contributed by atoms with Crippen LogP contribution in [0, 0.1) is 0 Å². The third-order valence-electron chi connectivity index (χ3n) is 3.46. The summed E-state index contributed by atoms with van der Waals surface area (Å²) in [6.45, 7) is 0. The van der Waals surface area contributed by atoms with Crippen LogP contribution in [0.3, 0.4) is 0 Å². The molecule has 2 aromatic heterocycles. The second-order valence-electron chi connectivity index (χ2n) is 5.10. The molecular weight excluding hydrogens is 326 g/mol. The number of aromatic nitrogens is 2. The van der Waals surface area contributed by atoms with Gasteiger partial charge in [-0.1, -0.05) is 5.16 Å². The van der Waals surface area contributed by atoms with Crippen LogP contribution < -0.4 is 14.8 Å². The summed E-state index contributed by atoms with van der Waals surface area (Å²) in [6, 6.07) is 8.63. The number of nitrogens with zero attached hydrogens (tertiary/aromatic N) is 2. The van der Waals surface area contributed by atoms with E-state index in [1.807, 2.05) is 0 Å². The SMILES string of the molecule is COc1ccc(NC(=O)CCc2nc(-c3ccco3)no2)c(OC)c1. The number of furan rings is 1. The van der Waals surface area contributed by atoms with E-state index in [0.29, 0.717) is 41.1 Å². The third-order valence-corrected chi connectivity index (χ3v) is 3.46. The molecule has 0 atom stereocenters. The largest absolute Gasteiger partial charge is 0.497 e. The van der Waals surface area contributed by atoms with Gasteiger partial charge in [-0.25, -0.2) is 0 Å². The fourth-order valence-electron chi connectivity index (χ4n) is 2.20. The van der Waals surface area contributed by atoms with Crippen molar-refractivity contribution in [2.24, 2.45) is 0 Å². The molecule has 1 amide bonds. The van der Waals surface area contributed by atoms with Gasteiger partial charge < -0.3 is 23.7 Å². The van der Waals surface area contributed by atoms with Gasteiger partial charge in [-0.2, -0.15) is 4.98 Å². The Labute approximate surface area is 143 Å². The van der Waals surface area contributed by atoms with Crippen molar-refractivity contribution >= 4 is 11.6 Å². The van der Waals surface area contributed by atoms with Gasteiger partial charge in [0, 0.05) is 18.9 Å². The monoisotopic (exact) mass is 343 g/mol. The van der Waals surface area contributed by atoms with Crippen LogP contribution in [0.15, 0.2) is 45.5 Å². The Balaban J connectivity index is 1.58. The third kappa shape index (κ3) is 3.97. The Hall–Kier alpha value is -3.29. The summed E-state index contributed by atoms with van der Waals surface area (Å²) in [5.74, 6) is 2.21. The van der Waals surface area contributed by atoms with E-state index in [4.69, 9.17) is 18.4 Å². The normalized spacial score (nSPS) is 10.5. The average molecular weight is 343 g/mol. The molecule has 25 heavy (non-hydrogen) atoms. The molecule has 3 rings (SSSR count). The average Bonchev–Trinajstić information content (AvgIpc) is 3.31. The van der Waals surface area contributed by atoms with Crippen molar-refractivity contribution in [2.75, 3.05) is 19.5 Å². The summed E-state index contributed by atoms with van der Waals surface area (Å²) < 4.78 is 20.7. The number of carbonyl (C=O) groups is 1. The summed E-state index contributed by atoms with van der Waals surface area (Å²) in [4.78, 5) is 16.3. The summed E-state index contributed by atoms with van der Waals surface area (Å²) in [5, 5.41) is 6.61. The number of aryl methyl sites for hydroxylation is 1. The van der Waals surface area contributed by atoms with E-state index in [0.717, 1.165) is 0 Å². The van der Waals surface area contributed by atoms with Crippen LogP contribution in [-0.4, -0.2) is 30.3 Å².